The highest BCUT2D eigenvalue weighted by Gasteiger charge is 2.66. The van der Waals surface area contributed by atoms with Gasteiger partial charge in [0.05, 0.1) is 12.1 Å². The van der Waals surface area contributed by atoms with E-state index in [4.69, 9.17) is 4.52 Å². The van der Waals surface area contributed by atoms with E-state index in [2.05, 4.69) is 10.5 Å². The van der Waals surface area contributed by atoms with E-state index >= 15 is 0 Å². The molecule has 1 aliphatic carbocycles. The molecule has 2 atom stereocenters. The summed E-state index contributed by atoms with van der Waals surface area (Å²) in [6.45, 7) is -0.00662. The van der Waals surface area contributed by atoms with Crippen molar-refractivity contribution in [1.82, 2.24) is 10.5 Å². The lowest BCUT2D eigenvalue weighted by Gasteiger charge is -2.12. The van der Waals surface area contributed by atoms with Gasteiger partial charge in [-0.05, 0) is 24.1 Å². The van der Waals surface area contributed by atoms with Crippen LogP contribution in [-0.2, 0) is 16.1 Å². The molecular weight excluding hydrogens is 363 g/mol. The first-order valence-electron chi connectivity index (χ1n) is 8.79. The van der Waals surface area contributed by atoms with Crippen molar-refractivity contribution in [1.29, 1.82) is 0 Å². The van der Waals surface area contributed by atoms with E-state index in [9.17, 15) is 19.1 Å². The second-order valence-corrected chi connectivity index (χ2v) is 6.79. The average Bonchev–Trinajstić information content (AvgIpc) is 3.31. The van der Waals surface area contributed by atoms with Crippen LogP contribution in [0, 0.1) is 11.2 Å². The van der Waals surface area contributed by atoms with Gasteiger partial charge in [0.1, 0.15) is 11.5 Å². The average molecular weight is 380 g/mol. The molecule has 3 aromatic rings. The first-order valence-corrected chi connectivity index (χ1v) is 8.79. The van der Waals surface area contributed by atoms with Crippen molar-refractivity contribution in [2.45, 2.75) is 18.9 Å². The molecule has 2 N–H and O–H groups in total. The van der Waals surface area contributed by atoms with Crippen LogP contribution in [0.2, 0.25) is 0 Å². The van der Waals surface area contributed by atoms with E-state index in [1.165, 1.54) is 12.1 Å². The lowest BCUT2D eigenvalue weighted by atomic mass is 9.98. The Labute approximate surface area is 160 Å². The number of hydrogen-bond acceptors (Lipinski definition) is 4. The Balaban J connectivity index is 1.46. The molecule has 7 heteroatoms. The highest BCUT2D eigenvalue weighted by atomic mass is 19.1. The van der Waals surface area contributed by atoms with Gasteiger partial charge in [-0.1, -0.05) is 47.6 Å². The Bertz CT molecular complexity index is 1030. The largest absolute Gasteiger partial charge is 0.480 e. The summed E-state index contributed by atoms with van der Waals surface area (Å²) < 4.78 is 19.0. The Morgan fingerprint density at radius 3 is 2.61 bits per heavy atom. The van der Waals surface area contributed by atoms with Crippen LogP contribution in [0.15, 0.2) is 65.2 Å². The van der Waals surface area contributed by atoms with Crippen LogP contribution in [-0.4, -0.2) is 22.1 Å². The Hall–Kier alpha value is -3.48. The molecule has 142 valence electrons. The predicted molar refractivity (Wildman–Crippen MR) is 97.6 cm³/mol. The molecule has 1 aromatic heterocycles. The van der Waals surface area contributed by atoms with Gasteiger partial charge < -0.3 is 14.9 Å². The van der Waals surface area contributed by atoms with Crippen molar-refractivity contribution in [3.63, 3.8) is 0 Å². The SMILES string of the molecule is O=C(O)C1(C(=O)NCc2cc(-c3ccccc3F)on2)CC1c1ccccc1. The molecule has 6 nitrogen and oxygen atoms in total. The van der Waals surface area contributed by atoms with E-state index in [-0.39, 0.29) is 30.2 Å². The summed E-state index contributed by atoms with van der Waals surface area (Å²) in [7, 11) is 0. The van der Waals surface area contributed by atoms with E-state index in [1.54, 1.807) is 18.2 Å². The monoisotopic (exact) mass is 380 g/mol. The molecule has 0 aliphatic heterocycles. The lowest BCUT2D eigenvalue weighted by Crippen LogP contribution is -2.38. The maximum absolute atomic E-state index is 13.8. The Kier molecular flexibility index (Phi) is 4.43. The van der Waals surface area contributed by atoms with Gasteiger partial charge in [0.25, 0.3) is 0 Å². The van der Waals surface area contributed by atoms with Gasteiger partial charge in [0, 0.05) is 12.0 Å². The first kappa shape index (κ1) is 17.9. The number of nitrogens with zero attached hydrogens (tertiary/aromatic N) is 1. The van der Waals surface area contributed by atoms with Gasteiger partial charge in [-0.25, -0.2) is 4.39 Å². The molecule has 0 radical (unpaired) electrons. The molecule has 1 heterocycles. The van der Waals surface area contributed by atoms with Crippen molar-refractivity contribution in [2.24, 2.45) is 5.41 Å². The fourth-order valence-electron chi connectivity index (χ4n) is 3.45. The second-order valence-electron chi connectivity index (χ2n) is 6.79. The summed E-state index contributed by atoms with van der Waals surface area (Å²) >= 11 is 0. The Morgan fingerprint density at radius 1 is 1.18 bits per heavy atom. The van der Waals surface area contributed by atoms with Crippen molar-refractivity contribution in [3.8, 4) is 11.3 Å². The third-order valence-corrected chi connectivity index (χ3v) is 5.08. The van der Waals surface area contributed by atoms with Gasteiger partial charge >= 0.3 is 5.97 Å². The number of halogens is 1. The zero-order valence-corrected chi connectivity index (χ0v) is 14.8. The number of amides is 1. The van der Waals surface area contributed by atoms with Gasteiger partial charge in [-0.15, -0.1) is 0 Å². The summed E-state index contributed by atoms with van der Waals surface area (Å²) in [5, 5.41) is 16.1. The Morgan fingerprint density at radius 2 is 1.89 bits per heavy atom. The van der Waals surface area contributed by atoms with Gasteiger partial charge in [0.2, 0.25) is 5.91 Å². The van der Waals surface area contributed by atoms with Crippen LogP contribution >= 0.6 is 0 Å². The number of nitrogens with one attached hydrogen (secondary N) is 1. The highest BCUT2D eigenvalue weighted by Crippen LogP contribution is 2.59. The summed E-state index contributed by atoms with van der Waals surface area (Å²) in [4.78, 5) is 24.5. The number of benzene rings is 2. The fraction of sp³-hybridized carbons (Fsp3) is 0.190. The molecule has 1 saturated carbocycles. The third-order valence-electron chi connectivity index (χ3n) is 5.08. The van der Waals surface area contributed by atoms with Crippen LogP contribution < -0.4 is 5.32 Å². The van der Waals surface area contributed by atoms with Gasteiger partial charge in [-0.3, -0.25) is 9.59 Å². The number of carboxylic acids is 1. The van der Waals surface area contributed by atoms with Crippen molar-refractivity contribution < 1.29 is 23.6 Å². The summed E-state index contributed by atoms with van der Waals surface area (Å²) in [6, 6.07) is 16.8. The normalized spacial score (nSPS) is 20.5. The molecule has 0 saturated heterocycles. The standard InChI is InChI=1S/C21H17FN2O4/c22-17-9-5-4-8-15(17)18-10-14(24-28-18)12-23-19(25)21(20(26)27)11-16(21)13-6-2-1-3-7-13/h1-10,16H,11-12H2,(H,23,25)(H,26,27). The molecule has 2 aromatic carbocycles. The van der Waals surface area contributed by atoms with Gasteiger partial charge in [-0.2, -0.15) is 0 Å². The minimum Gasteiger partial charge on any atom is -0.480 e. The summed E-state index contributed by atoms with van der Waals surface area (Å²) in [6.07, 6.45) is 0.247. The molecule has 1 amide bonds. The molecule has 1 fully saturated rings. The second kappa shape index (κ2) is 6.92. The maximum Gasteiger partial charge on any atom is 0.319 e. The zero-order chi connectivity index (χ0) is 19.7. The number of aromatic nitrogens is 1. The lowest BCUT2D eigenvalue weighted by molar-refractivity contribution is -0.149. The van der Waals surface area contributed by atoms with E-state index in [1.807, 2.05) is 30.3 Å². The van der Waals surface area contributed by atoms with Gasteiger partial charge in [0.15, 0.2) is 11.2 Å². The number of aliphatic carboxylic acids is 1. The number of carboxylic acid groups (broad SMARTS) is 1. The number of rotatable bonds is 6. The van der Waals surface area contributed by atoms with Crippen LogP contribution in [0.5, 0.6) is 0 Å². The molecule has 1 aliphatic rings. The van der Waals surface area contributed by atoms with Crippen molar-refractivity contribution in [3.05, 3.63) is 77.7 Å². The molecule has 28 heavy (non-hydrogen) atoms. The zero-order valence-electron chi connectivity index (χ0n) is 14.8. The van der Waals surface area contributed by atoms with Crippen LogP contribution in [0.4, 0.5) is 4.39 Å². The number of carbonyl (C=O) groups excluding carboxylic acids is 1. The topological polar surface area (TPSA) is 92.4 Å². The van der Waals surface area contributed by atoms with Crippen LogP contribution in [0.3, 0.4) is 0 Å². The van der Waals surface area contributed by atoms with E-state index < -0.39 is 23.1 Å². The van der Waals surface area contributed by atoms with Crippen molar-refractivity contribution in [2.75, 3.05) is 0 Å². The quantitative estimate of drug-likeness (QED) is 0.640. The first-order chi connectivity index (χ1) is 13.5. The van der Waals surface area contributed by atoms with E-state index in [0.717, 1.165) is 5.56 Å². The molecular formula is C21H17FN2O4. The van der Waals surface area contributed by atoms with Crippen molar-refractivity contribution >= 4 is 11.9 Å². The predicted octanol–water partition coefficient (Wildman–Crippen LogP) is 3.36. The minimum absolute atomic E-state index is 0.00662. The molecule has 0 spiro atoms. The number of hydrogen-bond donors (Lipinski definition) is 2. The smallest absolute Gasteiger partial charge is 0.319 e. The fourth-order valence-corrected chi connectivity index (χ4v) is 3.45. The van der Waals surface area contributed by atoms with Crippen LogP contribution in [0.1, 0.15) is 23.6 Å². The van der Waals surface area contributed by atoms with Crippen LogP contribution in [0.25, 0.3) is 11.3 Å². The molecule has 0 bridgehead atoms. The summed E-state index contributed by atoms with van der Waals surface area (Å²) in [5.74, 6) is -2.28. The third kappa shape index (κ3) is 3.05. The highest BCUT2D eigenvalue weighted by molar-refractivity contribution is 6.06. The molecule has 2 unspecified atom stereocenters. The minimum atomic E-state index is -1.47. The number of carbonyl (C=O) groups is 2. The maximum atomic E-state index is 13.8. The summed E-state index contributed by atoms with van der Waals surface area (Å²) in [5.41, 5.74) is -0.00675. The molecule has 4 rings (SSSR count). The van der Waals surface area contributed by atoms with E-state index in [0.29, 0.717) is 5.69 Å².